The van der Waals surface area contributed by atoms with Crippen LogP contribution >= 0.6 is 0 Å². The molecular weight excluding hydrogens is 362 g/mol. The zero-order valence-electron chi connectivity index (χ0n) is 17.5. The van der Waals surface area contributed by atoms with Gasteiger partial charge in [0.25, 0.3) is 0 Å². The van der Waals surface area contributed by atoms with Gasteiger partial charge in [0.2, 0.25) is 0 Å². The standard InChI is InChI=1S/C24H33N3O2/c1-2-25-24(26-14-6-7-16-28-19-21-8-4-3-5-9-21)27-15-12-20-10-11-23-22(18-20)13-17-29-23/h3-5,8-11,18H,2,6-7,12-17,19H2,1H3,(H2,25,26,27). The molecule has 0 amide bonds. The summed E-state index contributed by atoms with van der Waals surface area (Å²) in [4.78, 5) is 4.68. The number of benzene rings is 2. The van der Waals surface area contributed by atoms with E-state index in [9.17, 15) is 0 Å². The second-order valence-corrected chi connectivity index (χ2v) is 7.22. The summed E-state index contributed by atoms with van der Waals surface area (Å²) < 4.78 is 11.3. The van der Waals surface area contributed by atoms with Gasteiger partial charge in [-0.05, 0) is 48.9 Å². The van der Waals surface area contributed by atoms with E-state index in [2.05, 4.69) is 52.9 Å². The summed E-state index contributed by atoms with van der Waals surface area (Å²) in [5.41, 5.74) is 3.89. The molecule has 0 spiro atoms. The second kappa shape index (κ2) is 12.1. The maximum Gasteiger partial charge on any atom is 0.191 e. The molecule has 0 saturated heterocycles. The summed E-state index contributed by atoms with van der Waals surface area (Å²) in [5.74, 6) is 1.94. The monoisotopic (exact) mass is 395 g/mol. The first-order valence-electron chi connectivity index (χ1n) is 10.7. The van der Waals surface area contributed by atoms with Gasteiger partial charge in [-0.15, -0.1) is 0 Å². The summed E-state index contributed by atoms with van der Waals surface area (Å²) >= 11 is 0. The van der Waals surface area contributed by atoms with Gasteiger partial charge in [0.15, 0.2) is 5.96 Å². The first-order chi connectivity index (χ1) is 14.3. The number of rotatable bonds is 11. The first-order valence-corrected chi connectivity index (χ1v) is 10.7. The van der Waals surface area contributed by atoms with Gasteiger partial charge >= 0.3 is 0 Å². The average molecular weight is 396 g/mol. The highest BCUT2D eigenvalue weighted by Crippen LogP contribution is 2.25. The molecule has 1 aliphatic rings. The highest BCUT2D eigenvalue weighted by Gasteiger charge is 2.11. The highest BCUT2D eigenvalue weighted by atomic mass is 16.5. The van der Waals surface area contributed by atoms with Gasteiger partial charge in [-0.3, -0.25) is 4.99 Å². The minimum absolute atomic E-state index is 0.684. The van der Waals surface area contributed by atoms with Crippen LogP contribution in [0.4, 0.5) is 0 Å². The zero-order valence-corrected chi connectivity index (χ0v) is 17.5. The largest absolute Gasteiger partial charge is 0.493 e. The van der Waals surface area contributed by atoms with E-state index in [0.29, 0.717) is 6.61 Å². The smallest absolute Gasteiger partial charge is 0.191 e. The van der Waals surface area contributed by atoms with Crippen molar-refractivity contribution in [3.63, 3.8) is 0 Å². The van der Waals surface area contributed by atoms with Crippen molar-refractivity contribution < 1.29 is 9.47 Å². The maximum absolute atomic E-state index is 5.73. The fraction of sp³-hybridized carbons (Fsp3) is 0.458. The quantitative estimate of drug-likeness (QED) is 0.346. The highest BCUT2D eigenvalue weighted by molar-refractivity contribution is 5.79. The lowest BCUT2D eigenvalue weighted by Crippen LogP contribution is -2.38. The molecule has 5 nitrogen and oxygen atoms in total. The van der Waals surface area contributed by atoms with E-state index in [1.165, 1.54) is 16.7 Å². The number of nitrogens with one attached hydrogen (secondary N) is 2. The summed E-state index contributed by atoms with van der Waals surface area (Å²) in [6.45, 7) is 6.90. The molecule has 0 fully saturated rings. The lowest BCUT2D eigenvalue weighted by Gasteiger charge is -2.12. The summed E-state index contributed by atoms with van der Waals surface area (Å²) in [5, 5.41) is 6.76. The van der Waals surface area contributed by atoms with E-state index in [1.54, 1.807) is 0 Å². The molecule has 0 aromatic heterocycles. The van der Waals surface area contributed by atoms with Crippen LogP contribution in [0, 0.1) is 0 Å². The Bertz CT molecular complexity index is 762. The van der Waals surface area contributed by atoms with Crippen LogP contribution in [0.3, 0.4) is 0 Å². The predicted octanol–water partition coefficient (Wildman–Crippen LogP) is 3.72. The molecular formula is C24H33N3O2. The van der Waals surface area contributed by atoms with Crippen molar-refractivity contribution in [3.05, 3.63) is 65.2 Å². The molecule has 29 heavy (non-hydrogen) atoms. The topological polar surface area (TPSA) is 54.9 Å². The number of hydrogen-bond donors (Lipinski definition) is 2. The molecule has 0 bridgehead atoms. The Morgan fingerprint density at radius 2 is 1.97 bits per heavy atom. The number of nitrogens with zero attached hydrogens (tertiary/aromatic N) is 1. The lowest BCUT2D eigenvalue weighted by molar-refractivity contribution is 0.117. The summed E-state index contributed by atoms with van der Waals surface area (Å²) in [7, 11) is 0. The fourth-order valence-corrected chi connectivity index (χ4v) is 3.33. The molecule has 156 valence electrons. The third kappa shape index (κ3) is 7.42. The van der Waals surface area contributed by atoms with Crippen LogP contribution in [0.2, 0.25) is 0 Å². The minimum atomic E-state index is 0.684. The number of unbranched alkanes of at least 4 members (excludes halogenated alkanes) is 1. The van der Waals surface area contributed by atoms with E-state index >= 15 is 0 Å². The van der Waals surface area contributed by atoms with Crippen LogP contribution < -0.4 is 15.4 Å². The molecule has 2 aromatic rings. The van der Waals surface area contributed by atoms with Gasteiger partial charge in [-0.25, -0.2) is 0 Å². The van der Waals surface area contributed by atoms with Crippen molar-refractivity contribution in [2.24, 2.45) is 4.99 Å². The van der Waals surface area contributed by atoms with Crippen molar-refractivity contribution in [3.8, 4) is 5.75 Å². The average Bonchev–Trinajstić information content (AvgIpc) is 3.21. The minimum Gasteiger partial charge on any atom is -0.493 e. The molecule has 2 aromatic carbocycles. The Morgan fingerprint density at radius 3 is 2.83 bits per heavy atom. The van der Waals surface area contributed by atoms with E-state index in [4.69, 9.17) is 9.47 Å². The molecule has 2 N–H and O–H groups in total. The summed E-state index contributed by atoms with van der Waals surface area (Å²) in [6, 6.07) is 16.8. The van der Waals surface area contributed by atoms with E-state index in [-0.39, 0.29) is 0 Å². The van der Waals surface area contributed by atoms with E-state index < -0.39 is 0 Å². The van der Waals surface area contributed by atoms with Crippen LogP contribution in [0.15, 0.2) is 53.5 Å². The Balaban J connectivity index is 1.30. The number of ether oxygens (including phenoxy) is 2. The second-order valence-electron chi connectivity index (χ2n) is 7.22. The fourth-order valence-electron chi connectivity index (χ4n) is 3.33. The normalized spacial score (nSPS) is 13.1. The third-order valence-corrected chi connectivity index (χ3v) is 4.88. The van der Waals surface area contributed by atoms with E-state index in [1.807, 2.05) is 18.2 Å². The lowest BCUT2D eigenvalue weighted by atomic mass is 10.1. The Labute approximate surface area is 174 Å². The van der Waals surface area contributed by atoms with Crippen LogP contribution in [-0.2, 0) is 24.2 Å². The molecule has 5 heteroatoms. The number of fused-ring (bicyclic) bond motifs is 1. The Morgan fingerprint density at radius 1 is 1.07 bits per heavy atom. The van der Waals surface area contributed by atoms with Gasteiger partial charge in [0.05, 0.1) is 13.2 Å². The van der Waals surface area contributed by atoms with Crippen molar-refractivity contribution in [2.45, 2.75) is 39.2 Å². The van der Waals surface area contributed by atoms with Gasteiger partial charge in [-0.1, -0.05) is 42.5 Å². The van der Waals surface area contributed by atoms with Crippen LogP contribution in [0.5, 0.6) is 5.75 Å². The van der Waals surface area contributed by atoms with Crippen LogP contribution in [0.1, 0.15) is 36.5 Å². The van der Waals surface area contributed by atoms with Crippen molar-refractivity contribution >= 4 is 5.96 Å². The van der Waals surface area contributed by atoms with Gasteiger partial charge in [-0.2, -0.15) is 0 Å². The van der Waals surface area contributed by atoms with Crippen LogP contribution in [-0.4, -0.2) is 38.8 Å². The zero-order chi connectivity index (χ0) is 20.2. The molecule has 1 heterocycles. The number of hydrogen-bond acceptors (Lipinski definition) is 3. The predicted molar refractivity (Wildman–Crippen MR) is 119 cm³/mol. The number of aliphatic imine (C=N–C) groups is 1. The number of guanidine groups is 1. The molecule has 0 unspecified atom stereocenters. The summed E-state index contributed by atoms with van der Waals surface area (Å²) in [6.07, 6.45) is 4.05. The molecule has 0 radical (unpaired) electrons. The Kier molecular flexibility index (Phi) is 8.86. The third-order valence-electron chi connectivity index (χ3n) is 4.88. The van der Waals surface area contributed by atoms with Crippen molar-refractivity contribution in [1.29, 1.82) is 0 Å². The molecule has 1 aliphatic heterocycles. The first kappa shape index (κ1) is 21.2. The molecule has 3 rings (SSSR count). The maximum atomic E-state index is 5.73. The molecule has 0 atom stereocenters. The van der Waals surface area contributed by atoms with Gasteiger partial charge in [0.1, 0.15) is 5.75 Å². The van der Waals surface area contributed by atoms with Gasteiger partial charge in [0, 0.05) is 32.7 Å². The Hall–Kier alpha value is -2.53. The molecule has 0 aliphatic carbocycles. The van der Waals surface area contributed by atoms with Crippen molar-refractivity contribution in [1.82, 2.24) is 10.6 Å². The van der Waals surface area contributed by atoms with Crippen molar-refractivity contribution in [2.75, 3.05) is 32.8 Å². The SMILES string of the molecule is CCNC(=NCCCCOCc1ccccc1)NCCc1ccc2c(c1)CCO2. The van der Waals surface area contributed by atoms with E-state index in [0.717, 1.165) is 70.2 Å². The molecule has 0 saturated carbocycles. The van der Waals surface area contributed by atoms with Gasteiger partial charge < -0.3 is 20.1 Å². The van der Waals surface area contributed by atoms with Crippen LogP contribution in [0.25, 0.3) is 0 Å².